The van der Waals surface area contributed by atoms with Crippen LogP contribution in [0.1, 0.15) is 38.1 Å². The van der Waals surface area contributed by atoms with Crippen LogP contribution in [0.3, 0.4) is 0 Å². The largest absolute Gasteiger partial charge is 0.324 e. The molecule has 8 nitrogen and oxygen atoms in total. The van der Waals surface area contributed by atoms with Gasteiger partial charge in [0.15, 0.2) is 5.82 Å². The molecule has 2 N–H and O–H groups in total. The number of carbonyl (C=O) groups excluding carboxylic acids is 2. The molecule has 0 spiro atoms. The van der Waals surface area contributed by atoms with Crippen LogP contribution in [0.5, 0.6) is 0 Å². The van der Waals surface area contributed by atoms with Gasteiger partial charge in [-0.1, -0.05) is 13.3 Å². The average Bonchev–Trinajstić information content (AvgIpc) is 2.95. The molecule has 1 atom stereocenters. The van der Waals surface area contributed by atoms with Gasteiger partial charge in [0.05, 0.1) is 6.42 Å². The van der Waals surface area contributed by atoms with Gasteiger partial charge in [-0.15, -0.1) is 0 Å². The van der Waals surface area contributed by atoms with Gasteiger partial charge >= 0.3 is 0 Å². The Morgan fingerprint density at radius 2 is 2.22 bits per heavy atom. The van der Waals surface area contributed by atoms with Gasteiger partial charge in [0.25, 0.3) is 0 Å². The van der Waals surface area contributed by atoms with Gasteiger partial charge in [-0.05, 0) is 18.6 Å². The second-order valence-corrected chi connectivity index (χ2v) is 5.39. The fraction of sp³-hybridized carbons (Fsp3) is 0.400. The first-order chi connectivity index (χ1) is 11.2. The molecular weight excluding hydrogens is 296 g/mol. The summed E-state index contributed by atoms with van der Waals surface area (Å²) < 4.78 is 1.50. The minimum Gasteiger partial charge on any atom is -0.324 e. The molecular formula is C15H18N6O2. The first-order valence-electron chi connectivity index (χ1n) is 7.63. The molecule has 0 fully saturated rings. The molecule has 1 aliphatic rings. The number of hydrogen-bond donors (Lipinski definition) is 2. The second kappa shape index (κ2) is 6.55. The standard InChI is InChI=1S/C15H18N6O2/c1-2-3-4-12-18-15-19-13(22)9-11(21(15)20-12)14(23)17-10-5-7-16-8-6-10/h5-8,11H,2-4,9H2,1H3,(H,16,17,23)(H,18,19,20,22)/t11-/m1/s1. The van der Waals surface area contributed by atoms with Crippen LogP contribution < -0.4 is 10.6 Å². The van der Waals surface area contributed by atoms with E-state index in [4.69, 9.17) is 0 Å². The third-order valence-corrected chi connectivity index (χ3v) is 3.60. The van der Waals surface area contributed by atoms with Gasteiger partial charge < -0.3 is 5.32 Å². The molecule has 0 unspecified atom stereocenters. The smallest absolute Gasteiger partial charge is 0.249 e. The Morgan fingerprint density at radius 3 is 2.96 bits per heavy atom. The van der Waals surface area contributed by atoms with Crippen molar-refractivity contribution in [2.75, 3.05) is 10.6 Å². The topological polar surface area (TPSA) is 102 Å². The van der Waals surface area contributed by atoms with Gasteiger partial charge in [0, 0.05) is 24.5 Å². The molecule has 120 valence electrons. The molecule has 23 heavy (non-hydrogen) atoms. The number of nitrogens with one attached hydrogen (secondary N) is 2. The second-order valence-electron chi connectivity index (χ2n) is 5.39. The summed E-state index contributed by atoms with van der Waals surface area (Å²) in [7, 11) is 0. The van der Waals surface area contributed by atoms with Crippen LogP contribution in [0.15, 0.2) is 24.5 Å². The van der Waals surface area contributed by atoms with E-state index >= 15 is 0 Å². The Hall–Kier alpha value is -2.77. The van der Waals surface area contributed by atoms with Crippen LogP contribution in [-0.4, -0.2) is 31.6 Å². The molecule has 0 bridgehead atoms. The average molecular weight is 314 g/mol. The quantitative estimate of drug-likeness (QED) is 0.871. The lowest BCUT2D eigenvalue weighted by atomic mass is 10.1. The fourth-order valence-electron chi connectivity index (χ4n) is 2.41. The van der Waals surface area contributed by atoms with Crippen LogP contribution in [0, 0.1) is 0 Å². The summed E-state index contributed by atoms with van der Waals surface area (Å²) in [5, 5.41) is 9.83. The lowest BCUT2D eigenvalue weighted by molar-refractivity contribution is -0.125. The number of rotatable bonds is 5. The summed E-state index contributed by atoms with van der Waals surface area (Å²) in [6.45, 7) is 2.09. The molecule has 2 aromatic rings. The normalized spacial score (nSPS) is 16.6. The lowest BCUT2D eigenvalue weighted by Gasteiger charge is -2.22. The molecule has 2 amide bonds. The Labute approximate surface area is 133 Å². The van der Waals surface area contributed by atoms with Gasteiger partial charge in [-0.2, -0.15) is 10.1 Å². The van der Waals surface area contributed by atoms with E-state index < -0.39 is 6.04 Å². The van der Waals surface area contributed by atoms with Gasteiger partial charge in [0.1, 0.15) is 6.04 Å². The molecule has 2 aromatic heterocycles. The zero-order valence-corrected chi connectivity index (χ0v) is 12.8. The molecule has 1 aliphatic heterocycles. The summed E-state index contributed by atoms with van der Waals surface area (Å²) in [5.74, 6) is 0.453. The van der Waals surface area contributed by atoms with Crippen LogP contribution >= 0.6 is 0 Å². The highest BCUT2D eigenvalue weighted by Gasteiger charge is 2.32. The molecule has 0 saturated heterocycles. The molecule has 3 heterocycles. The number of aromatic nitrogens is 4. The van der Waals surface area contributed by atoms with Crippen molar-refractivity contribution in [3.8, 4) is 0 Å². The SMILES string of the molecule is CCCCc1nc2n(n1)[C@@H](C(=O)Nc1ccncc1)CC(=O)N2. The molecule has 3 rings (SSSR count). The van der Waals surface area contributed by atoms with Crippen molar-refractivity contribution in [2.24, 2.45) is 0 Å². The highest BCUT2D eigenvalue weighted by Crippen LogP contribution is 2.24. The van der Waals surface area contributed by atoms with E-state index in [0.717, 1.165) is 19.3 Å². The summed E-state index contributed by atoms with van der Waals surface area (Å²) >= 11 is 0. The monoisotopic (exact) mass is 314 g/mol. The molecule has 0 aliphatic carbocycles. The van der Waals surface area contributed by atoms with Crippen LogP contribution in [0.4, 0.5) is 11.6 Å². The fourth-order valence-corrected chi connectivity index (χ4v) is 2.41. The minimum atomic E-state index is -0.699. The summed E-state index contributed by atoms with van der Waals surface area (Å²) in [4.78, 5) is 32.5. The van der Waals surface area contributed by atoms with E-state index in [-0.39, 0.29) is 18.2 Å². The maximum atomic E-state index is 12.5. The third-order valence-electron chi connectivity index (χ3n) is 3.60. The molecule has 8 heteroatoms. The van der Waals surface area contributed by atoms with E-state index in [1.165, 1.54) is 4.68 Å². The van der Waals surface area contributed by atoms with Gasteiger partial charge in [-0.25, -0.2) is 4.68 Å². The van der Waals surface area contributed by atoms with Crippen molar-refractivity contribution in [2.45, 2.75) is 38.6 Å². The predicted molar refractivity (Wildman–Crippen MR) is 83.8 cm³/mol. The number of nitrogens with zero attached hydrogens (tertiary/aromatic N) is 4. The summed E-state index contributed by atoms with van der Waals surface area (Å²) in [6, 6.07) is 2.68. The van der Waals surface area contributed by atoms with Crippen molar-refractivity contribution in [1.29, 1.82) is 0 Å². The highest BCUT2D eigenvalue weighted by atomic mass is 16.2. The minimum absolute atomic E-state index is 0.0422. The third kappa shape index (κ3) is 3.36. The number of anilines is 2. The number of unbranched alkanes of at least 4 members (excludes halogenated alkanes) is 1. The number of amides is 2. The van der Waals surface area contributed by atoms with Crippen molar-refractivity contribution in [1.82, 2.24) is 19.7 Å². The van der Waals surface area contributed by atoms with Crippen molar-refractivity contribution in [3.05, 3.63) is 30.4 Å². The van der Waals surface area contributed by atoms with Crippen molar-refractivity contribution in [3.63, 3.8) is 0 Å². The Bertz CT molecular complexity index is 712. The highest BCUT2D eigenvalue weighted by molar-refractivity contribution is 6.00. The maximum Gasteiger partial charge on any atom is 0.249 e. The van der Waals surface area contributed by atoms with E-state index in [0.29, 0.717) is 17.5 Å². The van der Waals surface area contributed by atoms with E-state index in [2.05, 4.69) is 32.6 Å². The first kappa shape index (κ1) is 15.1. The number of hydrogen-bond acceptors (Lipinski definition) is 5. The number of aryl methyl sites for hydroxylation is 1. The van der Waals surface area contributed by atoms with Gasteiger partial charge in [-0.3, -0.25) is 19.9 Å². The molecule has 0 aromatic carbocycles. The van der Waals surface area contributed by atoms with Crippen LogP contribution in [0.25, 0.3) is 0 Å². The molecule has 0 saturated carbocycles. The number of pyridine rings is 1. The van der Waals surface area contributed by atoms with E-state index in [9.17, 15) is 9.59 Å². The van der Waals surface area contributed by atoms with E-state index in [1.807, 2.05) is 0 Å². The lowest BCUT2D eigenvalue weighted by Crippen LogP contribution is -2.36. The number of fused-ring (bicyclic) bond motifs is 1. The molecule has 0 radical (unpaired) electrons. The summed E-state index contributed by atoms with van der Waals surface area (Å²) in [6.07, 6.45) is 5.94. The summed E-state index contributed by atoms with van der Waals surface area (Å²) in [5.41, 5.74) is 0.629. The maximum absolute atomic E-state index is 12.5. The van der Waals surface area contributed by atoms with Crippen LogP contribution in [-0.2, 0) is 16.0 Å². The Morgan fingerprint density at radius 1 is 1.43 bits per heavy atom. The Kier molecular flexibility index (Phi) is 4.31. The zero-order chi connectivity index (χ0) is 16.2. The van der Waals surface area contributed by atoms with E-state index in [1.54, 1.807) is 24.5 Å². The Balaban J connectivity index is 1.81. The number of carbonyl (C=O) groups is 2. The van der Waals surface area contributed by atoms with Crippen molar-refractivity contribution < 1.29 is 9.59 Å². The van der Waals surface area contributed by atoms with Crippen LogP contribution in [0.2, 0.25) is 0 Å². The first-order valence-corrected chi connectivity index (χ1v) is 7.63. The zero-order valence-electron chi connectivity index (χ0n) is 12.8. The predicted octanol–water partition coefficient (Wildman–Crippen LogP) is 1.54. The van der Waals surface area contributed by atoms with Gasteiger partial charge in [0.2, 0.25) is 17.8 Å². The van der Waals surface area contributed by atoms with Crippen molar-refractivity contribution >= 4 is 23.5 Å².